The lowest BCUT2D eigenvalue weighted by Crippen LogP contribution is -2.34. The lowest BCUT2D eigenvalue weighted by molar-refractivity contribution is -0.123. The molecule has 1 heterocycles. The molecule has 0 spiro atoms. The van der Waals surface area contributed by atoms with Crippen molar-refractivity contribution in [3.63, 3.8) is 0 Å². The smallest absolute Gasteiger partial charge is 0.258 e. The molecule has 1 saturated heterocycles. The van der Waals surface area contributed by atoms with Crippen molar-refractivity contribution in [3.8, 4) is 5.75 Å². The number of carbonyl (C=O) groups excluding carboxylic acids is 2. The van der Waals surface area contributed by atoms with E-state index in [2.05, 4.69) is 5.32 Å². The first-order valence-electron chi connectivity index (χ1n) is 8.79. The maximum atomic E-state index is 12.9. The van der Waals surface area contributed by atoms with Gasteiger partial charge >= 0.3 is 0 Å². The van der Waals surface area contributed by atoms with Gasteiger partial charge in [-0.25, -0.2) is 0 Å². The summed E-state index contributed by atoms with van der Waals surface area (Å²) in [7, 11) is 0. The van der Waals surface area contributed by atoms with Crippen molar-refractivity contribution in [2.75, 3.05) is 19.7 Å². The van der Waals surface area contributed by atoms with Crippen LogP contribution in [0.4, 0.5) is 0 Å². The van der Waals surface area contributed by atoms with Gasteiger partial charge in [-0.05, 0) is 49.6 Å². The molecule has 0 atom stereocenters. The predicted octanol–water partition coefficient (Wildman–Crippen LogP) is 2.98. The number of amides is 2. The molecule has 1 N–H and O–H groups in total. The van der Waals surface area contributed by atoms with Crippen LogP contribution in [0.25, 0.3) is 10.8 Å². The van der Waals surface area contributed by atoms with Gasteiger partial charge in [0.05, 0.1) is 5.56 Å². The van der Waals surface area contributed by atoms with Crippen LogP contribution < -0.4 is 10.1 Å². The van der Waals surface area contributed by atoms with E-state index in [-0.39, 0.29) is 24.5 Å². The van der Waals surface area contributed by atoms with Crippen molar-refractivity contribution >= 4 is 22.6 Å². The third kappa shape index (κ3) is 4.10. The fraction of sp³-hybridized carbons (Fsp3) is 0.400. The van der Waals surface area contributed by atoms with Gasteiger partial charge in [0.15, 0.2) is 6.61 Å². The number of nitrogens with zero attached hydrogens (tertiary/aromatic N) is 1. The summed E-state index contributed by atoms with van der Waals surface area (Å²) >= 11 is 0. The molecule has 0 aromatic heterocycles. The first-order chi connectivity index (χ1) is 12.0. The van der Waals surface area contributed by atoms with Crippen molar-refractivity contribution in [2.45, 2.75) is 32.7 Å². The summed E-state index contributed by atoms with van der Waals surface area (Å²) in [6.07, 6.45) is 2.07. The summed E-state index contributed by atoms with van der Waals surface area (Å²) in [6.45, 7) is 5.25. The van der Waals surface area contributed by atoms with Crippen molar-refractivity contribution in [1.29, 1.82) is 0 Å². The molecule has 25 heavy (non-hydrogen) atoms. The molecular formula is C20H24N2O3. The Hall–Kier alpha value is -2.56. The van der Waals surface area contributed by atoms with Crippen LogP contribution in [0.15, 0.2) is 36.4 Å². The van der Waals surface area contributed by atoms with Crippen LogP contribution in [0, 0.1) is 0 Å². The van der Waals surface area contributed by atoms with Gasteiger partial charge in [-0.3, -0.25) is 9.59 Å². The van der Waals surface area contributed by atoms with E-state index in [9.17, 15) is 9.59 Å². The molecule has 0 radical (unpaired) electrons. The summed E-state index contributed by atoms with van der Waals surface area (Å²) in [5, 5.41) is 4.77. The Labute approximate surface area is 148 Å². The molecule has 0 bridgehead atoms. The number of rotatable bonds is 5. The third-order valence-electron chi connectivity index (χ3n) is 4.28. The Morgan fingerprint density at radius 3 is 2.40 bits per heavy atom. The summed E-state index contributed by atoms with van der Waals surface area (Å²) in [5.41, 5.74) is 0.526. The van der Waals surface area contributed by atoms with E-state index in [1.54, 1.807) is 0 Å². The van der Waals surface area contributed by atoms with Crippen molar-refractivity contribution in [1.82, 2.24) is 10.2 Å². The van der Waals surface area contributed by atoms with Crippen molar-refractivity contribution < 1.29 is 14.3 Å². The molecule has 2 amide bonds. The molecule has 5 nitrogen and oxygen atoms in total. The Morgan fingerprint density at radius 2 is 1.76 bits per heavy atom. The molecule has 0 saturated carbocycles. The highest BCUT2D eigenvalue weighted by atomic mass is 16.5. The zero-order chi connectivity index (χ0) is 17.8. The zero-order valence-electron chi connectivity index (χ0n) is 14.7. The molecule has 0 aliphatic carbocycles. The second-order valence-corrected chi connectivity index (χ2v) is 6.71. The Balaban J connectivity index is 1.89. The maximum Gasteiger partial charge on any atom is 0.258 e. The standard InChI is InChI=1S/C20H24N2O3/c1-14(2)21-19(23)13-25-18-12-16-8-4-3-7-15(16)11-17(18)20(24)22-9-5-6-10-22/h3-4,7-8,11-12,14H,5-6,9-10,13H2,1-2H3,(H,21,23). The van der Waals surface area contributed by atoms with Crippen LogP contribution in [-0.4, -0.2) is 42.5 Å². The van der Waals surface area contributed by atoms with E-state index in [1.165, 1.54) is 0 Å². The highest BCUT2D eigenvalue weighted by Crippen LogP contribution is 2.28. The van der Waals surface area contributed by atoms with Crippen molar-refractivity contribution in [2.24, 2.45) is 0 Å². The first kappa shape index (κ1) is 17.3. The third-order valence-corrected chi connectivity index (χ3v) is 4.28. The number of hydrogen-bond donors (Lipinski definition) is 1. The quantitative estimate of drug-likeness (QED) is 0.910. The highest BCUT2D eigenvalue weighted by molar-refractivity contribution is 6.01. The molecule has 2 aromatic carbocycles. The molecule has 5 heteroatoms. The molecule has 1 aliphatic heterocycles. The van der Waals surface area contributed by atoms with Gasteiger partial charge in [-0.1, -0.05) is 24.3 Å². The second kappa shape index (κ2) is 7.55. The minimum absolute atomic E-state index is 0.0254. The van der Waals surface area contributed by atoms with E-state index in [0.29, 0.717) is 11.3 Å². The number of hydrogen-bond acceptors (Lipinski definition) is 3. The van der Waals surface area contributed by atoms with E-state index >= 15 is 0 Å². The monoisotopic (exact) mass is 340 g/mol. The minimum atomic E-state index is -0.192. The van der Waals surface area contributed by atoms with Crippen LogP contribution >= 0.6 is 0 Å². The van der Waals surface area contributed by atoms with Gasteiger partial charge in [0.25, 0.3) is 11.8 Å². The molecular weight excluding hydrogens is 316 g/mol. The van der Waals surface area contributed by atoms with Crippen LogP contribution in [0.5, 0.6) is 5.75 Å². The van der Waals surface area contributed by atoms with E-state index in [0.717, 1.165) is 36.7 Å². The zero-order valence-corrected chi connectivity index (χ0v) is 14.7. The van der Waals surface area contributed by atoms with Crippen molar-refractivity contribution in [3.05, 3.63) is 42.0 Å². The largest absolute Gasteiger partial charge is 0.483 e. The highest BCUT2D eigenvalue weighted by Gasteiger charge is 2.23. The molecule has 2 aromatic rings. The fourth-order valence-corrected chi connectivity index (χ4v) is 3.10. The SMILES string of the molecule is CC(C)NC(=O)COc1cc2ccccc2cc1C(=O)N1CCCC1. The number of ether oxygens (including phenoxy) is 1. The van der Waals surface area contributed by atoms with Crippen LogP contribution in [0.2, 0.25) is 0 Å². The van der Waals surface area contributed by atoms with E-state index in [1.807, 2.05) is 55.1 Å². The maximum absolute atomic E-state index is 12.9. The predicted molar refractivity (Wildman–Crippen MR) is 97.9 cm³/mol. The molecule has 132 valence electrons. The summed E-state index contributed by atoms with van der Waals surface area (Å²) < 4.78 is 5.73. The lowest BCUT2D eigenvalue weighted by Gasteiger charge is -2.19. The minimum Gasteiger partial charge on any atom is -0.483 e. The topological polar surface area (TPSA) is 58.6 Å². The number of benzene rings is 2. The van der Waals surface area contributed by atoms with Gasteiger partial charge in [-0.15, -0.1) is 0 Å². The van der Waals surface area contributed by atoms with Gasteiger partial charge < -0.3 is 15.0 Å². The van der Waals surface area contributed by atoms with Crippen LogP contribution in [-0.2, 0) is 4.79 Å². The molecule has 1 aliphatic rings. The summed E-state index contributed by atoms with van der Waals surface area (Å²) in [5.74, 6) is 0.250. The average Bonchev–Trinajstić information content (AvgIpc) is 3.12. The Kier molecular flexibility index (Phi) is 5.22. The van der Waals surface area contributed by atoms with Crippen LogP contribution in [0.3, 0.4) is 0 Å². The number of nitrogens with one attached hydrogen (secondary N) is 1. The van der Waals surface area contributed by atoms with Gasteiger partial charge in [-0.2, -0.15) is 0 Å². The van der Waals surface area contributed by atoms with E-state index < -0.39 is 0 Å². The van der Waals surface area contributed by atoms with Gasteiger partial charge in [0, 0.05) is 19.1 Å². The van der Waals surface area contributed by atoms with E-state index in [4.69, 9.17) is 4.74 Å². The number of likely N-dealkylation sites (tertiary alicyclic amines) is 1. The molecule has 0 unspecified atom stereocenters. The molecule has 3 rings (SSSR count). The first-order valence-corrected chi connectivity index (χ1v) is 8.79. The average molecular weight is 340 g/mol. The number of carbonyl (C=O) groups is 2. The summed E-state index contributed by atoms with van der Waals surface area (Å²) in [4.78, 5) is 26.6. The number of fused-ring (bicyclic) bond motifs is 1. The Bertz CT molecular complexity index is 780. The normalized spacial score (nSPS) is 14.1. The van der Waals surface area contributed by atoms with Gasteiger partial charge in [0.2, 0.25) is 0 Å². The fourth-order valence-electron chi connectivity index (χ4n) is 3.10. The lowest BCUT2D eigenvalue weighted by atomic mass is 10.0. The Morgan fingerprint density at radius 1 is 1.12 bits per heavy atom. The summed E-state index contributed by atoms with van der Waals surface area (Å²) in [6, 6.07) is 11.6. The van der Waals surface area contributed by atoms with Crippen LogP contribution in [0.1, 0.15) is 37.0 Å². The second-order valence-electron chi connectivity index (χ2n) is 6.71. The molecule has 1 fully saturated rings. The van der Waals surface area contributed by atoms with Gasteiger partial charge in [0.1, 0.15) is 5.75 Å².